The van der Waals surface area contributed by atoms with Gasteiger partial charge < -0.3 is 18.9 Å². The highest BCUT2D eigenvalue weighted by molar-refractivity contribution is 7.47. The van der Waals surface area contributed by atoms with Crippen molar-refractivity contribution >= 4 is 19.8 Å². The summed E-state index contributed by atoms with van der Waals surface area (Å²) < 4.78 is 34.2. The van der Waals surface area contributed by atoms with Crippen molar-refractivity contribution in [2.24, 2.45) is 0 Å². The largest absolute Gasteiger partial charge is 0.472 e. The zero-order valence-electron chi connectivity index (χ0n) is 39.6. The molecular formula is C52H87NO8P+. The molecule has 0 radical (unpaired) electrons. The highest BCUT2D eigenvalue weighted by Crippen LogP contribution is 2.43. The van der Waals surface area contributed by atoms with Crippen LogP contribution in [0.3, 0.4) is 0 Å². The molecule has 0 aliphatic heterocycles. The number of unbranched alkanes of at least 4 members (excludes halogenated alkanes) is 9. The monoisotopic (exact) mass is 885 g/mol. The molecule has 0 aromatic heterocycles. The van der Waals surface area contributed by atoms with Crippen molar-refractivity contribution in [2.75, 3.05) is 47.5 Å². The van der Waals surface area contributed by atoms with Crippen molar-refractivity contribution in [1.82, 2.24) is 0 Å². The van der Waals surface area contributed by atoms with E-state index in [1.807, 2.05) is 33.3 Å². The van der Waals surface area contributed by atoms with Gasteiger partial charge in [-0.05, 0) is 96.3 Å². The lowest BCUT2D eigenvalue weighted by atomic mass is 10.1. The Morgan fingerprint density at radius 3 is 1.32 bits per heavy atom. The number of hydrogen-bond acceptors (Lipinski definition) is 7. The topological polar surface area (TPSA) is 108 Å². The molecule has 0 heterocycles. The van der Waals surface area contributed by atoms with Crippen LogP contribution in [0.25, 0.3) is 0 Å². The van der Waals surface area contributed by atoms with E-state index in [1.165, 1.54) is 51.4 Å². The molecule has 0 rings (SSSR count). The predicted molar refractivity (Wildman–Crippen MR) is 261 cm³/mol. The van der Waals surface area contributed by atoms with Gasteiger partial charge in [-0.3, -0.25) is 18.6 Å². The number of likely N-dealkylation sites (N-methyl/N-ethyl adjacent to an activating group) is 1. The molecule has 0 spiro atoms. The molecular weight excluding hydrogens is 798 g/mol. The zero-order valence-corrected chi connectivity index (χ0v) is 40.4. The Hall–Kier alpha value is -3.33. The van der Waals surface area contributed by atoms with Crippen LogP contribution in [0.2, 0.25) is 0 Å². The number of esters is 2. The Kier molecular flexibility index (Phi) is 40.6. The average molecular weight is 885 g/mol. The predicted octanol–water partition coefficient (Wildman–Crippen LogP) is 13.9. The van der Waals surface area contributed by atoms with Gasteiger partial charge in [0.1, 0.15) is 19.8 Å². The fraction of sp³-hybridized carbons (Fsp3) is 0.615. The molecule has 352 valence electrons. The molecule has 0 saturated heterocycles. The van der Waals surface area contributed by atoms with Gasteiger partial charge in [0.15, 0.2) is 6.10 Å². The second-order valence-corrected chi connectivity index (χ2v) is 17.9. The van der Waals surface area contributed by atoms with E-state index in [4.69, 9.17) is 18.5 Å². The number of ether oxygens (including phenoxy) is 2. The summed E-state index contributed by atoms with van der Waals surface area (Å²) in [4.78, 5) is 35.4. The van der Waals surface area contributed by atoms with Crippen LogP contribution in [0, 0.1) is 0 Å². The number of nitrogens with zero attached hydrogens (tertiary/aromatic N) is 1. The Morgan fingerprint density at radius 2 is 0.903 bits per heavy atom. The van der Waals surface area contributed by atoms with Crippen LogP contribution in [0.1, 0.15) is 155 Å². The van der Waals surface area contributed by atoms with E-state index in [0.717, 1.165) is 64.2 Å². The summed E-state index contributed by atoms with van der Waals surface area (Å²) in [5.74, 6) is -0.942. The van der Waals surface area contributed by atoms with Crippen LogP contribution in [-0.4, -0.2) is 74.9 Å². The molecule has 10 heteroatoms. The van der Waals surface area contributed by atoms with Crippen LogP contribution in [0.4, 0.5) is 0 Å². The lowest BCUT2D eigenvalue weighted by Gasteiger charge is -2.24. The number of rotatable bonds is 41. The SMILES string of the molecule is CCCCC/C=C\C/C=C\C/C=C\C/C=C\C/C=C\CCC(=O)O[C@H](COC(=O)CCCCC/C=C\C/C=C\C/C=C\C/C=C\CCCCC)COP(=O)(O)OCC[N+](C)(C)C. The first-order valence-corrected chi connectivity index (χ1v) is 25.1. The van der Waals surface area contributed by atoms with Crippen LogP contribution in [0.5, 0.6) is 0 Å². The average Bonchev–Trinajstić information content (AvgIpc) is 3.23. The van der Waals surface area contributed by atoms with Crippen molar-refractivity contribution in [3.8, 4) is 0 Å². The number of hydrogen-bond donors (Lipinski definition) is 1. The Balaban J connectivity index is 4.53. The third-order valence-corrected chi connectivity index (χ3v) is 10.3. The smallest absolute Gasteiger partial charge is 0.462 e. The van der Waals surface area contributed by atoms with Gasteiger partial charge >= 0.3 is 19.8 Å². The summed E-state index contributed by atoms with van der Waals surface area (Å²) in [5.41, 5.74) is 0. The number of carbonyl (C=O) groups excluding carboxylic acids is 2. The number of phosphoric acid groups is 1. The fourth-order valence-electron chi connectivity index (χ4n) is 5.57. The molecule has 0 fully saturated rings. The zero-order chi connectivity index (χ0) is 45.7. The minimum absolute atomic E-state index is 0.00647. The Bertz CT molecular complexity index is 1420. The molecule has 9 nitrogen and oxygen atoms in total. The maximum Gasteiger partial charge on any atom is 0.472 e. The highest BCUT2D eigenvalue weighted by Gasteiger charge is 2.27. The number of allylic oxidation sites excluding steroid dienone is 18. The second kappa shape index (κ2) is 42.9. The van der Waals surface area contributed by atoms with E-state index < -0.39 is 32.5 Å². The molecule has 0 bridgehead atoms. The van der Waals surface area contributed by atoms with Crippen LogP contribution in [-0.2, 0) is 32.7 Å². The summed E-state index contributed by atoms with van der Waals surface area (Å²) in [6.45, 7) is 4.22. The van der Waals surface area contributed by atoms with E-state index >= 15 is 0 Å². The van der Waals surface area contributed by atoms with E-state index in [1.54, 1.807) is 0 Å². The molecule has 0 aromatic carbocycles. The number of quaternary nitrogens is 1. The molecule has 0 saturated carbocycles. The summed E-state index contributed by atoms with van der Waals surface area (Å²) in [7, 11) is 1.39. The second-order valence-electron chi connectivity index (χ2n) is 16.4. The van der Waals surface area contributed by atoms with Gasteiger partial charge in [-0.1, -0.05) is 155 Å². The van der Waals surface area contributed by atoms with Crippen molar-refractivity contribution in [2.45, 2.75) is 161 Å². The minimum atomic E-state index is -4.41. The van der Waals surface area contributed by atoms with Crippen molar-refractivity contribution in [3.63, 3.8) is 0 Å². The van der Waals surface area contributed by atoms with Gasteiger partial charge in [0.2, 0.25) is 0 Å². The highest BCUT2D eigenvalue weighted by atomic mass is 31.2. The Morgan fingerprint density at radius 1 is 0.500 bits per heavy atom. The molecule has 0 amide bonds. The molecule has 0 aromatic rings. The van der Waals surface area contributed by atoms with E-state index in [2.05, 4.69) is 111 Å². The number of phosphoric ester groups is 1. The molecule has 0 aliphatic rings. The van der Waals surface area contributed by atoms with Gasteiger partial charge in [0.05, 0.1) is 27.7 Å². The summed E-state index contributed by atoms with van der Waals surface area (Å²) >= 11 is 0. The summed E-state index contributed by atoms with van der Waals surface area (Å²) in [6, 6.07) is 0. The first kappa shape index (κ1) is 58.7. The first-order valence-electron chi connectivity index (χ1n) is 23.6. The standard InChI is InChI=1S/C52H86NO8P/c1-6-8-10-12-14-16-18-20-22-24-26-28-30-32-34-36-38-40-42-44-51(54)58-48-50(49-60-62(56,57)59-47-46-53(3,4)5)61-52(55)45-43-41-39-37-35-33-31-29-27-25-23-21-19-17-15-13-11-9-7-2/h14-17,20-23,26-29,32-35,39,41,50H,6-13,18-19,24-25,30-31,36-38,40,42-49H2,1-5H3/p+1/b16-14-,17-15-,22-20-,23-21-,28-26-,29-27-,34-32-,35-33-,41-39-/t50-/m1/s1. The third-order valence-electron chi connectivity index (χ3n) is 9.29. The molecule has 62 heavy (non-hydrogen) atoms. The van der Waals surface area contributed by atoms with Crippen LogP contribution >= 0.6 is 7.82 Å². The quantitative estimate of drug-likeness (QED) is 0.0213. The lowest BCUT2D eigenvalue weighted by molar-refractivity contribution is -0.870. The first-order chi connectivity index (χ1) is 30.0. The maximum atomic E-state index is 12.7. The van der Waals surface area contributed by atoms with Crippen molar-refractivity contribution in [1.29, 1.82) is 0 Å². The minimum Gasteiger partial charge on any atom is -0.462 e. The van der Waals surface area contributed by atoms with Crippen LogP contribution in [0.15, 0.2) is 109 Å². The lowest BCUT2D eigenvalue weighted by Crippen LogP contribution is -2.37. The van der Waals surface area contributed by atoms with Gasteiger partial charge in [-0.2, -0.15) is 0 Å². The fourth-order valence-corrected chi connectivity index (χ4v) is 6.31. The normalized spacial score (nSPS) is 14.5. The molecule has 2 atom stereocenters. The third kappa shape index (κ3) is 46.2. The van der Waals surface area contributed by atoms with E-state index in [-0.39, 0.29) is 26.1 Å². The van der Waals surface area contributed by atoms with Gasteiger partial charge in [0, 0.05) is 12.8 Å². The molecule has 1 N–H and O–H groups in total. The summed E-state index contributed by atoms with van der Waals surface area (Å²) in [6.07, 6.45) is 58.7. The van der Waals surface area contributed by atoms with Gasteiger partial charge in [0.25, 0.3) is 0 Å². The van der Waals surface area contributed by atoms with Crippen molar-refractivity contribution < 1.29 is 42.1 Å². The maximum absolute atomic E-state index is 12.7. The summed E-state index contributed by atoms with van der Waals surface area (Å²) in [5, 5.41) is 0. The van der Waals surface area contributed by atoms with Crippen molar-refractivity contribution in [3.05, 3.63) is 109 Å². The number of carbonyl (C=O) groups is 2. The van der Waals surface area contributed by atoms with E-state index in [0.29, 0.717) is 23.9 Å². The van der Waals surface area contributed by atoms with E-state index in [9.17, 15) is 19.0 Å². The van der Waals surface area contributed by atoms with Gasteiger partial charge in [-0.15, -0.1) is 0 Å². The van der Waals surface area contributed by atoms with Crippen LogP contribution < -0.4 is 0 Å². The molecule has 0 aliphatic carbocycles. The molecule has 1 unspecified atom stereocenters. The Labute approximate surface area is 378 Å². The van der Waals surface area contributed by atoms with Gasteiger partial charge in [-0.25, -0.2) is 4.57 Å².